The van der Waals surface area contributed by atoms with E-state index in [1.54, 1.807) is 6.07 Å². The van der Waals surface area contributed by atoms with Crippen molar-refractivity contribution in [3.63, 3.8) is 0 Å². The van der Waals surface area contributed by atoms with Crippen molar-refractivity contribution in [2.75, 3.05) is 10.6 Å². The van der Waals surface area contributed by atoms with Crippen molar-refractivity contribution in [1.82, 2.24) is 9.97 Å². The number of hydrogen-bond acceptors (Lipinski definition) is 4. The Morgan fingerprint density at radius 3 is 2.58 bits per heavy atom. The van der Waals surface area contributed by atoms with Crippen LogP contribution in [0.3, 0.4) is 0 Å². The number of aryl methyl sites for hydroxylation is 1. The van der Waals surface area contributed by atoms with E-state index in [1.807, 2.05) is 24.3 Å². The summed E-state index contributed by atoms with van der Waals surface area (Å²) < 4.78 is 0. The van der Waals surface area contributed by atoms with Gasteiger partial charge in [-0.2, -0.15) is 0 Å². The fourth-order valence-corrected chi connectivity index (χ4v) is 3.04. The minimum Gasteiger partial charge on any atom is -0.367 e. The number of anilines is 2. The highest BCUT2D eigenvalue weighted by Crippen LogP contribution is 2.21. The zero-order valence-corrected chi connectivity index (χ0v) is 14.1. The first-order valence-corrected chi connectivity index (χ1v) is 8.73. The van der Waals surface area contributed by atoms with Crippen LogP contribution in [0.2, 0.25) is 0 Å². The predicted molar refractivity (Wildman–Crippen MR) is 96.3 cm³/mol. The van der Waals surface area contributed by atoms with E-state index >= 15 is 0 Å². The molecule has 2 N–H and O–H groups in total. The molecular formula is C19H24N4O. The van der Waals surface area contributed by atoms with Gasteiger partial charge >= 0.3 is 0 Å². The number of benzene rings is 1. The lowest BCUT2D eigenvalue weighted by molar-refractivity contribution is 0.102. The van der Waals surface area contributed by atoms with Gasteiger partial charge in [0.1, 0.15) is 17.8 Å². The molecule has 1 aliphatic rings. The first kappa shape index (κ1) is 16.4. The Hall–Kier alpha value is -2.43. The molecule has 1 aromatic carbocycles. The van der Waals surface area contributed by atoms with E-state index < -0.39 is 0 Å². The van der Waals surface area contributed by atoms with E-state index in [9.17, 15) is 4.79 Å². The lowest BCUT2D eigenvalue weighted by Crippen LogP contribution is -2.23. The Balaban J connectivity index is 1.64. The van der Waals surface area contributed by atoms with Gasteiger partial charge in [0.2, 0.25) is 0 Å². The van der Waals surface area contributed by atoms with Crippen LogP contribution in [0.25, 0.3) is 0 Å². The number of rotatable bonds is 5. The van der Waals surface area contributed by atoms with Crippen molar-refractivity contribution >= 4 is 17.4 Å². The molecule has 0 aliphatic heterocycles. The molecule has 5 nitrogen and oxygen atoms in total. The van der Waals surface area contributed by atoms with Crippen molar-refractivity contribution in [3.05, 3.63) is 47.9 Å². The van der Waals surface area contributed by atoms with E-state index in [0.29, 0.717) is 11.7 Å². The molecule has 24 heavy (non-hydrogen) atoms. The fourth-order valence-electron chi connectivity index (χ4n) is 3.04. The summed E-state index contributed by atoms with van der Waals surface area (Å²) in [7, 11) is 0. The lowest BCUT2D eigenvalue weighted by atomic mass is 9.95. The molecule has 0 saturated heterocycles. The van der Waals surface area contributed by atoms with Crippen molar-refractivity contribution in [2.45, 2.75) is 51.5 Å². The third-order valence-corrected chi connectivity index (χ3v) is 4.48. The topological polar surface area (TPSA) is 66.9 Å². The van der Waals surface area contributed by atoms with Gasteiger partial charge < -0.3 is 10.6 Å². The third-order valence-electron chi connectivity index (χ3n) is 4.48. The van der Waals surface area contributed by atoms with E-state index in [0.717, 1.165) is 30.8 Å². The maximum atomic E-state index is 12.4. The molecule has 5 heteroatoms. The third kappa shape index (κ3) is 4.31. The number of aromatic nitrogens is 2. The Morgan fingerprint density at radius 2 is 1.88 bits per heavy atom. The summed E-state index contributed by atoms with van der Waals surface area (Å²) in [6.07, 6.45) is 8.57. The maximum Gasteiger partial charge on any atom is 0.274 e. The first-order valence-electron chi connectivity index (χ1n) is 8.73. The van der Waals surface area contributed by atoms with Crippen molar-refractivity contribution < 1.29 is 4.79 Å². The first-order chi connectivity index (χ1) is 11.7. The summed E-state index contributed by atoms with van der Waals surface area (Å²) in [5.74, 6) is 0.511. The van der Waals surface area contributed by atoms with Crippen LogP contribution in [-0.4, -0.2) is 21.9 Å². The molecule has 2 aromatic rings. The SMILES string of the molecule is CCc1ccc(NC(=O)c2cc(NC3CCCCC3)ncn2)cc1. The number of hydrogen-bond donors (Lipinski definition) is 2. The van der Waals surface area contributed by atoms with Gasteiger partial charge in [0.05, 0.1) is 0 Å². The molecule has 0 atom stereocenters. The number of amides is 1. The van der Waals surface area contributed by atoms with Crippen molar-refractivity contribution in [1.29, 1.82) is 0 Å². The van der Waals surface area contributed by atoms with E-state index in [4.69, 9.17) is 0 Å². The molecule has 3 rings (SSSR count). The van der Waals surface area contributed by atoms with Crippen LogP contribution >= 0.6 is 0 Å². The van der Waals surface area contributed by atoms with Crippen LogP contribution in [0.4, 0.5) is 11.5 Å². The smallest absolute Gasteiger partial charge is 0.274 e. The molecule has 1 amide bonds. The number of nitrogens with one attached hydrogen (secondary N) is 2. The largest absolute Gasteiger partial charge is 0.367 e. The summed E-state index contributed by atoms with van der Waals surface area (Å²) in [6, 6.07) is 10.0. The highest BCUT2D eigenvalue weighted by Gasteiger charge is 2.15. The summed E-state index contributed by atoms with van der Waals surface area (Å²) in [5.41, 5.74) is 2.40. The average molecular weight is 324 g/mol. The molecule has 1 fully saturated rings. The summed E-state index contributed by atoms with van der Waals surface area (Å²) in [5, 5.41) is 6.31. The molecule has 126 valence electrons. The average Bonchev–Trinajstić information content (AvgIpc) is 2.63. The van der Waals surface area contributed by atoms with Gasteiger partial charge in [-0.3, -0.25) is 4.79 Å². The Morgan fingerprint density at radius 1 is 1.12 bits per heavy atom. The molecular weight excluding hydrogens is 300 g/mol. The van der Waals surface area contributed by atoms with Gasteiger partial charge in [0.25, 0.3) is 5.91 Å². The molecule has 1 saturated carbocycles. The number of nitrogens with zero attached hydrogens (tertiary/aromatic N) is 2. The van der Waals surface area contributed by atoms with E-state index in [1.165, 1.54) is 31.2 Å². The van der Waals surface area contributed by atoms with Crippen LogP contribution < -0.4 is 10.6 Å². The summed E-state index contributed by atoms with van der Waals surface area (Å²) >= 11 is 0. The van der Waals surface area contributed by atoms with Crippen LogP contribution in [0.5, 0.6) is 0 Å². The Labute approximate surface area is 142 Å². The molecule has 0 bridgehead atoms. The fraction of sp³-hybridized carbons (Fsp3) is 0.421. The molecule has 1 aliphatic carbocycles. The number of carbonyl (C=O) groups excluding carboxylic acids is 1. The molecule has 1 heterocycles. The van der Waals surface area contributed by atoms with Gasteiger partial charge in [-0.25, -0.2) is 9.97 Å². The zero-order chi connectivity index (χ0) is 16.8. The summed E-state index contributed by atoms with van der Waals surface area (Å²) in [4.78, 5) is 20.7. The predicted octanol–water partition coefficient (Wildman–Crippen LogP) is 4.04. The minimum absolute atomic E-state index is 0.214. The van der Waals surface area contributed by atoms with E-state index in [2.05, 4.69) is 27.5 Å². The normalized spacial score (nSPS) is 15.0. The molecule has 0 unspecified atom stereocenters. The lowest BCUT2D eigenvalue weighted by Gasteiger charge is -2.23. The Bertz CT molecular complexity index is 678. The van der Waals surface area contributed by atoms with Gasteiger partial charge in [0.15, 0.2) is 0 Å². The monoisotopic (exact) mass is 324 g/mol. The van der Waals surface area contributed by atoms with Gasteiger partial charge in [-0.1, -0.05) is 38.3 Å². The second-order valence-corrected chi connectivity index (χ2v) is 6.27. The highest BCUT2D eigenvalue weighted by atomic mass is 16.1. The van der Waals surface area contributed by atoms with Gasteiger partial charge in [-0.15, -0.1) is 0 Å². The van der Waals surface area contributed by atoms with E-state index in [-0.39, 0.29) is 5.91 Å². The molecule has 0 spiro atoms. The van der Waals surface area contributed by atoms with Crippen molar-refractivity contribution in [2.24, 2.45) is 0 Å². The Kier molecular flexibility index (Phi) is 5.41. The summed E-state index contributed by atoms with van der Waals surface area (Å²) in [6.45, 7) is 2.11. The highest BCUT2D eigenvalue weighted by molar-refractivity contribution is 6.03. The number of carbonyl (C=O) groups is 1. The second-order valence-electron chi connectivity index (χ2n) is 6.27. The maximum absolute atomic E-state index is 12.4. The van der Waals surface area contributed by atoms with Crippen molar-refractivity contribution in [3.8, 4) is 0 Å². The van der Waals surface area contributed by atoms with Crippen LogP contribution in [0.15, 0.2) is 36.7 Å². The van der Waals surface area contributed by atoms with Crippen LogP contribution in [0.1, 0.15) is 55.1 Å². The van der Waals surface area contributed by atoms with Gasteiger partial charge in [0, 0.05) is 17.8 Å². The van der Waals surface area contributed by atoms with Gasteiger partial charge in [-0.05, 0) is 37.0 Å². The quantitative estimate of drug-likeness (QED) is 0.871. The molecule has 1 aromatic heterocycles. The second kappa shape index (κ2) is 7.90. The minimum atomic E-state index is -0.214. The van der Waals surface area contributed by atoms with Crippen LogP contribution in [0, 0.1) is 0 Å². The molecule has 0 radical (unpaired) electrons. The zero-order valence-electron chi connectivity index (χ0n) is 14.1. The van der Waals surface area contributed by atoms with Crippen LogP contribution in [-0.2, 0) is 6.42 Å². The standard InChI is InChI=1S/C19H24N4O/c1-2-14-8-10-16(11-9-14)23-19(24)17-12-18(21-13-20-17)22-15-6-4-3-5-7-15/h8-13,15H,2-7H2,1H3,(H,23,24)(H,20,21,22).